The van der Waals surface area contributed by atoms with E-state index in [0.717, 1.165) is 0 Å². The van der Waals surface area contributed by atoms with Crippen LogP contribution in [0.5, 0.6) is 23.0 Å². The number of guanidine groups is 1. The molecule has 2 aliphatic heterocycles. The van der Waals surface area contributed by atoms with Crippen molar-refractivity contribution in [3.63, 3.8) is 0 Å². The van der Waals surface area contributed by atoms with Crippen LogP contribution in [0.2, 0.25) is 0 Å². The van der Waals surface area contributed by atoms with E-state index in [-0.39, 0.29) is 84.2 Å². The Morgan fingerprint density at radius 2 is 1.23 bits per heavy atom. The van der Waals surface area contributed by atoms with Crippen LogP contribution in [0.4, 0.5) is 26.3 Å². The quantitative estimate of drug-likeness (QED) is 0.0124. The molecule has 32 heteroatoms. The largest absolute Gasteiger partial charge is 0.508 e. The van der Waals surface area contributed by atoms with Gasteiger partial charge in [0.25, 0.3) is 5.91 Å². The lowest BCUT2D eigenvalue weighted by atomic mass is 9.75. The second-order valence-electron chi connectivity index (χ2n) is 17.0. The second-order valence-corrected chi connectivity index (χ2v) is 17.3. The van der Waals surface area contributed by atoms with Gasteiger partial charge >= 0.3 is 30.3 Å². The number of rotatable bonds is 28. The van der Waals surface area contributed by atoms with Gasteiger partial charge in [-0.25, -0.2) is 14.4 Å². The molecule has 81 heavy (non-hydrogen) atoms. The molecule has 0 unspecified atom stereocenters. The van der Waals surface area contributed by atoms with Crippen molar-refractivity contribution >= 4 is 64.9 Å². The molecule has 0 fully saturated rings. The molecular weight excluding hydrogens is 1120 g/mol. The van der Waals surface area contributed by atoms with Crippen LogP contribution < -0.4 is 43.2 Å². The maximum atomic E-state index is 13.7. The number of hydrogen-bond donors (Lipinski definition) is 11. The molecule has 0 saturated carbocycles. The van der Waals surface area contributed by atoms with E-state index in [1.807, 2.05) is 0 Å². The van der Waals surface area contributed by atoms with Crippen LogP contribution in [0, 0.1) is 0 Å². The van der Waals surface area contributed by atoms with Gasteiger partial charge in [0.05, 0.1) is 56.5 Å². The Balaban J connectivity index is 0.00000109. The predicted octanol–water partition coefficient (Wildman–Crippen LogP) is 2.18. The van der Waals surface area contributed by atoms with E-state index < -0.39 is 78.0 Å². The molecule has 0 saturated heterocycles. The summed E-state index contributed by atoms with van der Waals surface area (Å²) in [4.78, 5) is 97.7. The number of carboxylic acids is 2. The minimum absolute atomic E-state index is 0.00699. The van der Waals surface area contributed by atoms with Gasteiger partial charge in [0.1, 0.15) is 23.0 Å². The highest BCUT2D eigenvalue weighted by Crippen LogP contribution is 2.57. The summed E-state index contributed by atoms with van der Waals surface area (Å²) < 4.78 is 92.3. The number of phenols is 2. The van der Waals surface area contributed by atoms with Crippen LogP contribution in [0.15, 0.2) is 59.6 Å². The number of benzene rings is 3. The molecular formula is C49H59ClF6N8O17. The van der Waals surface area contributed by atoms with E-state index in [4.69, 9.17) is 72.3 Å². The average Bonchev–Trinajstić information content (AvgIpc) is 3.81. The average molecular weight is 1180 g/mol. The van der Waals surface area contributed by atoms with Gasteiger partial charge in [-0.3, -0.25) is 29.0 Å². The number of nitrogens with two attached hydrogens (primary N) is 3. The van der Waals surface area contributed by atoms with Crippen molar-refractivity contribution in [2.24, 2.45) is 22.2 Å². The minimum Gasteiger partial charge on any atom is -0.508 e. The number of Topliss-reactive ketones (excluding diaryl/α,β-unsaturated/α-hetero) is 1. The zero-order valence-corrected chi connectivity index (χ0v) is 43.5. The molecule has 3 aromatic carbocycles. The summed E-state index contributed by atoms with van der Waals surface area (Å²) in [5.74, 6) is -8.65. The minimum atomic E-state index is -5.08. The number of nitrogens with zero attached hydrogens (tertiary/aromatic N) is 1. The Morgan fingerprint density at radius 3 is 1.74 bits per heavy atom. The van der Waals surface area contributed by atoms with E-state index in [1.165, 1.54) is 24.3 Å². The third kappa shape index (κ3) is 21.5. The van der Waals surface area contributed by atoms with Gasteiger partial charge in [0.2, 0.25) is 17.7 Å². The number of phenolic OH excluding ortho intramolecular Hbond substituents is 2. The maximum absolute atomic E-state index is 13.7. The molecule has 0 bridgehead atoms. The van der Waals surface area contributed by atoms with Crippen molar-refractivity contribution in [1.82, 2.24) is 21.3 Å². The number of nitrogens with one attached hydrogen (secondary N) is 4. The number of aromatic hydroxyl groups is 2. The standard InChI is InChI=1S/C45H57ClN8O13.2C2HF3O2/c46-25-35(57)34(7-2-14-52-44(48)49)54-39(59)26-53-42(61)33(47)12-13-38(58)50-15-3-17-63-19-21-65-22-20-64-18-4-16-51-41(60)29-5-1-6-30-40(29)45(67-43(30)62)31-10-8-27(55)23-36(31)66-37-24-28(56)9-11-32(37)45;2*3-2(4,5)1(6)7/h1,5-6,8-11,23-24,33-34,55-56H,2-4,7,12-22,25-26,47H2,(H,50,58)(H,51,60)(H,53,61)(H,54,59)(H4,48,49,52);2*(H,6,7)/t33-,34-;;/m0../s1. The van der Waals surface area contributed by atoms with Crippen LogP contribution >= 0.6 is 11.6 Å². The van der Waals surface area contributed by atoms with Gasteiger partial charge in [-0.15, -0.1) is 11.6 Å². The van der Waals surface area contributed by atoms with Crippen LogP contribution in [-0.4, -0.2) is 170 Å². The first kappa shape index (κ1) is 67.3. The zero-order valence-electron chi connectivity index (χ0n) is 42.8. The topological polar surface area (TPSA) is 402 Å². The SMILES string of the molecule is NC(N)=NCCC[C@H](NC(=O)CNC(=O)[C@@H](N)CCC(=O)NCCCOCCOCCOCCCNC(=O)c1cccc2c1C1(OC2=O)c2ccc(O)cc2Oc2cc(O)ccc21)C(=O)CCl.O=C(O)C(F)(F)F.O=C(O)C(F)(F)F. The van der Waals surface area contributed by atoms with Gasteiger partial charge in [0.15, 0.2) is 17.3 Å². The van der Waals surface area contributed by atoms with Gasteiger partial charge in [0, 0.05) is 73.7 Å². The lowest BCUT2D eigenvalue weighted by Gasteiger charge is -2.37. The molecule has 14 N–H and O–H groups in total. The summed E-state index contributed by atoms with van der Waals surface area (Å²) in [6, 6.07) is 11.7. The summed E-state index contributed by atoms with van der Waals surface area (Å²) in [5.41, 5.74) is 16.5. The summed E-state index contributed by atoms with van der Waals surface area (Å²) in [6.07, 6.45) is -8.42. The van der Waals surface area contributed by atoms with Crippen LogP contribution in [0.25, 0.3) is 0 Å². The van der Waals surface area contributed by atoms with Gasteiger partial charge in [-0.05, 0) is 68.5 Å². The number of ketones is 1. The third-order valence-electron chi connectivity index (χ3n) is 11.0. The number of hydrogen-bond acceptors (Lipinski definition) is 17. The molecule has 2 heterocycles. The number of carboxylic acid groups (broad SMARTS) is 2. The molecule has 446 valence electrons. The van der Waals surface area contributed by atoms with E-state index in [9.17, 15) is 65.3 Å². The monoisotopic (exact) mass is 1180 g/mol. The highest BCUT2D eigenvalue weighted by molar-refractivity contribution is 6.28. The molecule has 3 aromatic rings. The van der Waals surface area contributed by atoms with Gasteiger partial charge < -0.3 is 82.6 Å². The number of esters is 1. The number of carbonyl (C=O) groups excluding carboxylic acids is 6. The van der Waals surface area contributed by atoms with Crippen molar-refractivity contribution in [3.8, 4) is 23.0 Å². The van der Waals surface area contributed by atoms with Crippen molar-refractivity contribution in [3.05, 3.63) is 82.4 Å². The number of alkyl halides is 7. The van der Waals surface area contributed by atoms with Crippen molar-refractivity contribution in [2.45, 2.75) is 68.6 Å². The first-order chi connectivity index (χ1) is 38.1. The van der Waals surface area contributed by atoms with Crippen LogP contribution in [-0.2, 0) is 53.3 Å². The van der Waals surface area contributed by atoms with Crippen molar-refractivity contribution in [2.75, 3.05) is 71.7 Å². The molecule has 4 amide bonds. The number of amides is 4. The normalized spacial score (nSPS) is 13.3. The summed E-state index contributed by atoms with van der Waals surface area (Å²) >= 11 is 5.65. The Kier molecular flexibility index (Phi) is 26.8. The van der Waals surface area contributed by atoms with E-state index in [0.29, 0.717) is 82.1 Å². The number of halogens is 7. The zero-order chi connectivity index (χ0) is 60.5. The fourth-order valence-corrected chi connectivity index (χ4v) is 7.51. The molecule has 0 radical (unpaired) electrons. The molecule has 25 nitrogen and oxygen atoms in total. The summed E-state index contributed by atoms with van der Waals surface area (Å²) in [7, 11) is 0. The number of carbonyl (C=O) groups is 8. The van der Waals surface area contributed by atoms with Crippen molar-refractivity contribution < 1.29 is 109 Å². The highest BCUT2D eigenvalue weighted by Gasteiger charge is 2.55. The molecule has 0 aromatic heterocycles. The number of fused-ring (bicyclic) bond motifs is 6. The number of aliphatic carboxylic acids is 2. The fourth-order valence-electron chi connectivity index (χ4n) is 7.33. The molecule has 0 aliphatic carbocycles. The van der Waals surface area contributed by atoms with Crippen molar-refractivity contribution in [1.29, 1.82) is 0 Å². The van der Waals surface area contributed by atoms with E-state index >= 15 is 0 Å². The van der Waals surface area contributed by atoms with Crippen LogP contribution in [0.1, 0.15) is 75.9 Å². The Morgan fingerprint density at radius 1 is 0.716 bits per heavy atom. The van der Waals surface area contributed by atoms with Crippen LogP contribution in [0.3, 0.4) is 0 Å². The van der Waals surface area contributed by atoms with Gasteiger partial charge in [-0.2, -0.15) is 26.3 Å². The molecule has 2 aliphatic rings. The second kappa shape index (κ2) is 32.3. The molecule has 2 atom stereocenters. The highest BCUT2D eigenvalue weighted by atomic mass is 35.5. The Hall–Kier alpha value is -8.00. The predicted molar refractivity (Wildman–Crippen MR) is 270 cm³/mol. The number of aliphatic imine (C=N–C) groups is 1. The number of ether oxygens (including phenoxy) is 5. The van der Waals surface area contributed by atoms with E-state index in [1.54, 1.807) is 30.3 Å². The Labute approximate surface area is 461 Å². The maximum Gasteiger partial charge on any atom is 0.490 e. The molecule has 5 rings (SSSR count). The lowest BCUT2D eigenvalue weighted by molar-refractivity contribution is -0.193. The third-order valence-corrected chi connectivity index (χ3v) is 11.3. The first-order valence-electron chi connectivity index (χ1n) is 24.2. The summed E-state index contributed by atoms with van der Waals surface area (Å²) in [6.45, 7) is 2.51. The Bertz CT molecular complexity index is 2640. The fraction of sp³-hybridized carbons (Fsp3) is 0.449. The lowest BCUT2D eigenvalue weighted by Crippen LogP contribution is -2.49. The smallest absolute Gasteiger partial charge is 0.490 e. The summed E-state index contributed by atoms with van der Waals surface area (Å²) in [5, 5.41) is 45.2. The van der Waals surface area contributed by atoms with E-state index in [2.05, 4.69) is 26.3 Å². The first-order valence-corrected chi connectivity index (χ1v) is 24.7. The molecule has 1 spiro atoms. The van der Waals surface area contributed by atoms with Gasteiger partial charge in [-0.1, -0.05) is 6.07 Å².